The Morgan fingerprint density at radius 3 is 2.46 bits per heavy atom. The maximum absolute atomic E-state index is 12.4. The molecule has 0 heterocycles. The molecule has 3 N–H and O–H groups in total. The van der Waals surface area contributed by atoms with Crippen molar-refractivity contribution >= 4 is 23.3 Å². The number of carbonyl (C=O) groups is 2. The molecule has 0 radical (unpaired) electrons. The van der Waals surface area contributed by atoms with Gasteiger partial charge in [0.1, 0.15) is 0 Å². The second-order valence-corrected chi connectivity index (χ2v) is 5.82. The molecule has 0 saturated carbocycles. The van der Waals surface area contributed by atoms with Crippen LogP contribution in [-0.4, -0.2) is 18.5 Å². The van der Waals surface area contributed by atoms with Gasteiger partial charge in [-0.2, -0.15) is 5.26 Å². The normalized spacial score (nSPS) is 9.85. The van der Waals surface area contributed by atoms with Crippen molar-refractivity contribution in [3.63, 3.8) is 0 Å². The van der Waals surface area contributed by atoms with Crippen molar-refractivity contribution in [3.05, 3.63) is 59.7 Å². The third kappa shape index (κ3) is 5.95. The number of nitrogens with one attached hydrogen (secondary N) is 3. The molecule has 0 aromatic heterocycles. The highest BCUT2D eigenvalue weighted by Crippen LogP contribution is 2.14. The molecule has 0 fully saturated rings. The molecule has 0 atom stereocenters. The second-order valence-electron chi connectivity index (χ2n) is 5.82. The number of carbonyl (C=O) groups excluding carboxylic acids is 2. The number of unbranched alkanes of at least 4 members (excludes halogenated alkanes) is 2. The summed E-state index contributed by atoms with van der Waals surface area (Å²) in [6, 6.07) is 15.1. The lowest BCUT2D eigenvalue weighted by Gasteiger charge is -2.09. The van der Waals surface area contributed by atoms with Gasteiger partial charge in [-0.25, -0.2) is 4.79 Å². The Balaban J connectivity index is 1.96. The molecule has 3 amide bonds. The molecule has 0 bridgehead atoms. The molecule has 2 aromatic carbocycles. The molecule has 0 aliphatic rings. The Bertz CT molecular complexity index is 811. The number of hydrogen-bond acceptors (Lipinski definition) is 3. The molecular formula is C20H22N4O2. The predicted octanol–water partition coefficient (Wildman–Crippen LogP) is 4.12. The molecule has 0 spiro atoms. The van der Waals surface area contributed by atoms with Crippen molar-refractivity contribution in [1.29, 1.82) is 5.26 Å². The number of nitriles is 1. The summed E-state index contributed by atoms with van der Waals surface area (Å²) in [4.78, 5) is 24.2. The quantitative estimate of drug-likeness (QED) is 0.656. The van der Waals surface area contributed by atoms with Gasteiger partial charge in [0.25, 0.3) is 5.91 Å². The monoisotopic (exact) mass is 350 g/mol. The molecule has 6 heteroatoms. The first-order valence-corrected chi connectivity index (χ1v) is 8.59. The van der Waals surface area contributed by atoms with Crippen molar-refractivity contribution in [2.45, 2.75) is 26.2 Å². The summed E-state index contributed by atoms with van der Waals surface area (Å²) in [5.74, 6) is -0.313. The fourth-order valence-electron chi connectivity index (χ4n) is 2.36. The van der Waals surface area contributed by atoms with Gasteiger partial charge in [-0.15, -0.1) is 0 Å². The molecule has 0 aliphatic carbocycles. The van der Waals surface area contributed by atoms with Gasteiger partial charge in [0.05, 0.1) is 11.6 Å². The van der Waals surface area contributed by atoms with Crippen molar-refractivity contribution in [2.24, 2.45) is 0 Å². The number of benzene rings is 2. The highest BCUT2D eigenvalue weighted by Gasteiger charge is 2.08. The van der Waals surface area contributed by atoms with Crippen LogP contribution in [-0.2, 0) is 0 Å². The summed E-state index contributed by atoms with van der Waals surface area (Å²) in [5.41, 5.74) is 1.96. The minimum absolute atomic E-state index is 0.291. The van der Waals surface area contributed by atoms with Crippen LogP contribution in [0.25, 0.3) is 0 Å². The van der Waals surface area contributed by atoms with Crippen molar-refractivity contribution < 1.29 is 9.59 Å². The Morgan fingerprint density at radius 2 is 1.73 bits per heavy atom. The van der Waals surface area contributed by atoms with Gasteiger partial charge in [-0.05, 0) is 42.8 Å². The Hall–Kier alpha value is -3.33. The number of urea groups is 1. The van der Waals surface area contributed by atoms with E-state index in [-0.39, 0.29) is 11.9 Å². The fourth-order valence-corrected chi connectivity index (χ4v) is 2.36. The largest absolute Gasteiger partial charge is 0.338 e. The SMILES string of the molecule is CCCCCNC(=O)Nc1cccc(C(=O)Nc2cccc(C#N)c2)c1. The molecule has 6 nitrogen and oxygen atoms in total. The molecular weight excluding hydrogens is 328 g/mol. The van der Waals surface area contributed by atoms with Gasteiger partial charge in [0.15, 0.2) is 0 Å². The third-order valence-corrected chi connectivity index (χ3v) is 3.70. The Labute approximate surface area is 153 Å². The summed E-state index contributed by atoms with van der Waals surface area (Å²) in [7, 11) is 0. The maximum atomic E-state index is 12.4. The third-order valence-electron chi connectivity index (χ3n) is 3.70. The number of anilines is 2. The summed E-state index contributed by atoms with van der Waals surface area (Å²) < 4.78 is 0. The van der Waals surface area contributed by atoms with Crippen molar-refractivity contribution in [2.75, 3.05) is 17.2 Å². The van der Waals surface area contributed by atoms with E-state index in [1.807, 2.05) is 6.07 Å². The number of rotatable bonds is 7. The topological polar surface area (TPSA) is 94.0 Å². The summed E-state index contributed by atoms with van der Waals surface area (Å²) >= 11 is 0. The van der Waals surface area contributed by atoms with Gasteiger partial charge < -0.3 is 16.0 Å². The van der Waals surface area contributed by atoms with Crippen LogP contribution in [0.1, 0.15) is 42.1 Å². The lowest BCUT2D eigenvalue weighted by atomic mass is 10.1. The van der Waals surface area contributed by atoms with E-state index < -0.39 is 0 Å². The molecule has 0 aliphatic heterocycles. The van der Waals surface area contributed by atoms with E-state index >= 15 is 0 Å². The van der Waals surface area contributed by atoms with E-state index in [0.717, 1.165) is 19.3 Å². The van der Waals surface area contributed by atoms with Gasteiger partial charge in [-0.1, -0.05) is 31.9 Å². The van der Waals surface area contributed by atoms with Crippen LogP contribution in [0.5, 0.6) is 0 Å². The number of amides is 3. The smallest absolute Gasteiger partial charge is 0.319 e. The predicted molar refractivity (Wildman–Crippen MR) is 102 cm³/mol. The van der Waals surface area contributed by atoms with Crippen LogP contribution in [0.3, 0.4) is 0 Å². The van der Waals surface area contributed by atoms with Crippen molar-refractivity contribution in [1.82, 2.24) is 5.32 Å². The van der Waals surface area contributed by atoms with Gasteiger partial charge in [0.2, 0.25) is 0 Å². The van der Waals surface area contributed by atoms with Gasteiger partial charge >= 0.3 is 6.03 Å². The Kier molecular flexibility index (Phi) is 7.19. The first kappa shape index (κ1) is 19.0. The Morgan fingerprint density at radius 1 is 1.00 bits per heavy atom. The zero-order valence-corrected chi connectivity index (χ0v) is 14.7. The lowest BCUT2D eigenvalue weighted by molar-refractivity contribution is 0.102. The zero-order valence-electron chi connectivity index (χ0n) is 14.7. The number of nitrogens with zero attached hydrogens (tertiary/aromatic N) is 1. The highest BCUT2D eigenvalue weighted by molar-refractivity contribution is 6.05. The average molecular weight is 350 g/mol. The summed E-state index contributed by atoms with van der Waals surface area (Å²) in [6.45, 7) is 2.72. The molecule has 2 aromatic rings. The van der Waals surface area contributed by atoms with Crippen LogP contribution in [0.2, 0.25) is 0 Å². The van der Waals surface area contributed by atoms with Crippen molar-refractivity contribution in [3.8, 4) is 6.07 Å². The van der Waals surface area contributed by atoms with Crippen LogP contribution in [0, 0.1) is 11.3 Å². The molecule has 134 valence electrons. The standard InChI is InChI=1S/C20H22N4O2/c1-2-3-4-11-22-20(26)24-18-10-6-8-16(13-18)19(25)23-17-9-5-7-15(12-17)14-21/h5-10,12-13H,2-4,11H2,1H3,(H,23,25)(H2,22,24,26). The molecule has 0 unspecified atom stereocenters. The minimum atomic E-state index is -0.313. The lowest BCUT2D eigenvalue weighted by Crippen LogP contribution is -2.29. The zero-order chi connectivity index (χ0) is 18.8. The highest BCUT2D eigenvalue weighted by atomic mass is 16.2. The maximum Gasteiger partial charge on any atom is 0.319 e. The summed E-state index contributed by atoms with van der Waals surface area (Å²) in [5, 5.41) is 17.2. The van der Waals surface area contributed by atoms with E-state index in [1.54, 1.807) is 48.5 Å². The average Bonchev–Trinajstić information content (AvgIpc) is 2.65. The molecule has 2 rings (SSSR count). The first-order valence-electron chi connectivity index (χ1n) is 8.59. The van der Waals surface area contributed by atoms with Crippen LogP contribution < -0.4 is 16.0 Å². The van der Waals surface area contributed by atoms with E-state index in [4.69, 9.17) is 5.26 Å². The van der Waals surface area contributed by atoms with Gasteiger partial charge in [0, 0.05) is 23.5 Å². The fraction of sp³-hybridized carbons (Fsp3) is 0.250. The number of hydrogen-bond donors (Lipinski definition) is 3. The van der Waals surface area contributed by atoms with E-state index in [0.29, 0.717) is 29.0 Å². The minimum Gasteiger partial charge on any atom is -0.338 e. The first-order chi connectivity index (χ1) is 12.6. The van der Waals surface area contributed by atoms with E-state index in [2.05, 4.69) is 22.9 Å². The van der Waals surface area contributed by atoms with E-state index in [1.165, 1.54) is 0 Å². The van der Waals surface area contributed by atoms with E-state index in [9.17, 15) is 9.59 Å². The van der Waals surface area contributed by atoms with Crippen LogP contribution >= 0.6 is 0 Å². The summed E-state index contributed by atoms with van der Waals surface area (Å²) in [6.07, 6.45) is 3.11. The molecule has 0 saturated heterocycles. The van der Waals surface area contributed by atoms with Crippen LogP contribution in [0.4, 0.5) is 16.2 Å². The second kappa shape index (κ2) is 9.84. The van der Waals surface area contributed by atoms with Crippen LogP contribution in [0.15, 0.2) is 48.5 Å². The van der Waals surface area contributed by atoms with Gasteiger partial charge in [-0.3, -0.25) is 4.79 Å². The molecule has 26 heavy (non-hydrogen) atoms.